The Morgan fingerprint density at radius 1 is 0.903 bits per heavy atom. The fourth-order valence-corrected chi connectivity index (χ4v) is 4.04. The van der Waals surface area contributed by atoms with Gasteiger partial charge in [0.05, 0.1) is 0 Å². The maximum Gasteiger partial charge on any atom is 0.128 e. The predicted octanol–water partition coefficient (Wildman–Crippen LogP) is 9.02. The minimum Gasteiger partial charge on any atom is -0.359 e. The van der Waals surface area contributed by atoms with Gasteiger partial charge < -0.3 is 5.32 Å². The summed E-state index contributed by atoms with van der Waals surface area (Å²) in [5.74, 6) is 0.177. The molecule has 31 heavy (non-hydrogen) atoms. The van der Waals surface area contributed by atoms with Crippen LogP contribution >= 0.6 is 0 Å². The standard InChI is InChI=1S/C28H39F2N/c1-8-9-10-19(3)23(7)31-28-17-27(30)25(16-22(28)6)21(5)13-12-20(4)24-14-11-18(2)15-26(24)29/h11,14-17,19-21,31H,7-10,12-13H2,1-6H3/t19-,20+,21?/m0/s1. The quantitative estimate of drug-likeness (QED) is 0.377. The topological polar surface area (TPSA) is 12.0 Å². The Bertz CT molecular complexity index is 887. The highest BCUT2D eigenvalue weighted by molar-refractivity contribution is 5.56. The second-order valence-corrected chi connectivity index (χ2v) is 9.29. The van der Waals surface area contributed by atoms with E-state index in [0.717, 1.165) is 65.7 Å². The number of allylic oxidation sites excluding steroid dienone is 1. The first-order chi connectivity index (χ1) is 14.6. The SMILES string of the molecule is C=C(Nc1cc(F)c(C(C)CC[C@@H](C)c2ccc(C)cc2F)cc1C)[C@@H](C)CCCC. The van der Waals surface area contributed by atoms with Crippen molar-refractivity contribution in [3.63, 3.8) is 0 Å². The van der Waals surface area contributed by atoms with E-state index in [4.69, 9.17) is 0 Å². The van der Waals surface area contributed by atoms with E-state index in [1.807, 2.05) is 39.0 Å². The number of hydrogen-bond acceptors (Lipinski definition) is 1. The number of rotatable bonds is 11. The largest absolute Gasteiger partial charge is 0.359 e. The summed E-state index contributed by atoms with van der Waals surface area (Å²) < 4.78 is 29.2. The van der Waals surface area contributed by atoms with Crippen molar-refractivity contribution in [1.29, 1.82) is 0 Å². The van der Waals surface area contributed by atoms with Crippen molar-refractivity contribution >= 4 is 5.69 Å². The Morgan fingerprint density at radius 3 is 2.13 bits per heavy atom. The molecule has 0 amide bonds. The second kappa shape index (κ2) is 11.5. The van der Waals surface area contributed by atoms with Gasteiger partial charge in [-0.25, -0.2) is 8.78 Å². The lowest BCUT2D eigenvalue weighted by atomic mass is 9.88. The summed E-state index contributed by atoms with van der Waals surface area (Å²) in [5.41, 5.74) is 5.14. The van der Waals surface area contributed by atoms with Crippen LogP contribution in [-0.2, 0) is 0 Å². The maximum absolute atomic E-state index is 15.0. The molecule has 1 unspecified atom stereocenters. The van der Waals surface area contributed by atoms with Crippen molar-refractivity contribution in [2.24, 2.45) is 5.92 Å². The third-order valence-corrected chi connectivity index (χ3v) is 6.47. The number of anilines is 1. The summed E-state index contributed by atoms with van der Waals surface area (Å²) in [6.45, 7) is 16.5. The van der Waals surface area contributed by atoms with Crippen molar-refractivity contribution in [3.8, 4) is 0 Å². The normalized spacial score (nSPS) is 14.2. The van der Waals surface area contributed by atoms with E-state index >= 15 is 0 Å². The molecule has 0 radical (unpaired) electrons. The van der Waals surface area contributed by atoms with Crippen LogP contribution in [0, 0.1) is 31.4 Å². The first-order valence-corrected chi connectivity index (χ1v) is 11.7. The van der Waals surface area contributed by atoms with Crippen molar-refractivity contribution in [1.82, 2.24) is 0 Å². The number of benzene rings is 2. The van der Waals surface area contributed by atoms with Gasteiger partial charge in [0.25, 0.3) is 0 Å². The van der Waals surface area contributed by atoms with E-state index in [0.29, 0.717) is 5.92 Å². The van der Waals surface area contributed by atoms with Crippen molar-refractivity contribution in [2.45, 2.75) is 85.5 Å². The zero-order chi connectivity index (χ0) is 23.1. The average molecular weight is 428 g/mol. The molecule has 0 heterocycles. The van der Waals surface area contributed by atoms with Gasteiger partial charge in [0.1, 0.15) is 11.6 Å². The highest BCUT2D eigenvalue weighted by atomic mass is 19.1. The minimum absolute atomic E-state index is 0.0652. The van der Waals surface area contributed by atoms with Crippen LogP contribution < -0.4 is 5.32 Å². The fraction of sp³-hybridized carbons (Fsp3) is 0.500. The van der Waals surface area contributed by atoms with Gasteiger partial charge in [0.15, 0.2) is 0 Å². The number of halogens is 2. The van der Waals surface area contributed by atoms with E-state index in [9.17, 15) is 8.78 Å². The molecule has 2 aromatic carbocycles. The third-order valence-electron chi connectivity index (χ3n) is 6.47. The lowest BCUT2D eigenvalue weighted by molar-refractivity contribution is 0.521. The number of nitrogens with one attached hydrogen (secondary N) is 1. The Labute approximate surface area is 188 Å². The van der Waals surface area contributed by atoms with Crippen molar-refractivity contribution in [2.75, 3.05) is 5.32 Å². The molecule has 1 N–H and O–H groups in total. The van der Waals surface area contributed by atoms with Crippen molar-refractivity contribution in [3.05, 3.63) is 76.5 Å². The van der Waals surface area contributed by atoms with Gasteiger partial charge in [-0.3, -0.25) is 0 Å². The Balaban J connectivity index is 2.04. The molecule has 3 atom stereocenters. The van der Waals surface area contributed by atoms with Gasteiger partial charge in [-0.15, -0.1) is 0 Å². The van der Waals surface area contributed by atoms with Crippen LogP contribution in [0.3, 0.4) is 0 Å². The Hall–Kier alpha value is -2.16. The smallest absolute Gasteiger partial charge is 0.128 e. The molecule has 0 aliphatic carbocycles. The second-order valence-electron chi connectivity index (χ2n) is 9.29. The highest BCUT2D eigenvalue weighted by Crippen LogP contribution is 2.33. The molecular weight excluding hydrogens is 388 g/mol. The molecule has 1 nitrogen and oxygen atoms in total. The number of hydrogen-bond donors (Lipinski definition) is 1. The molecule has 170 valence electrons. The summed E-state index contributed by atoms with van der Waals surface area (Å²) in [6.07, 6.45) is 5.02. The molecule has 0 saturated carbocycles. The molecule has 0 spiro atoms. The number of unbranched alkanes of at least 4 members (excludes halogenated alkanes) is 1. The lowest BCUT2D eigenvalue weighted by Gasteiger charge is -2.21. The van der Waals surface area contributed by atoms with Crippen molar-refractivity contribution < 1.29 is 8.78 Å². The van der Waals surface area contributed by atoms with Gasteiger partial charge in [-0.05, 0) is 85.3 Å². The first-order valence-electron chi connectivity index (χ1n) is 11.7. The maximum atomic E-state index is 15.0. The van der Waals surface area contributed by atoms with Gasteiger partial charge in [-0.1, -0.05) is 65.3 Å². The van der Waals surface area contributed by atoms with E-state index in [2.05, 4.69) is 32.7 Å². The summed E-state index contributed by atoms with van der Waals surface area (Å²) in [7, 11) is 0. The van der Waals surface area contributed by atoms with Crippen LogP contribution in [0.25, 0.3) is 0 Å². The molecule has 0 fully saturated rings. The van der Waals surface area contributed by atoms with E-state index in [1.165, 1.54) is 0 Å². The zero-order valence-electron chi connectivity index (χ0n) is 20.1. The fourth-order valence-electron chi connectivity index (χ4n) is 4.04. The number of aryl methyl sites for hydroxylation is 2. The summed E-state index contributed by atoms with van der Waals surface area (Å²) in [6, 6.07) is 8.95. The van der Waals surface area contributed by atoms with Gasteiger partial charge in [-0.2, -0.15) is 0 Å². The predicted molar refractivity (Wildman–Crippen MR) is 130 cm³/mol. The Morgan fingerprint density at radius 2 is 1.52 bits per heavy atom. The molecule has 0 aromatic heterocycles. The van der Waals surface area contributed by atoms with Crippen LogP contribution in [0.5, 0.6) is 0 Å². The molecule has 2 aromatic rings. The molecule has 2 rings (SSSR count). The third kappa shape index (κ3) is 6.92. The summed E-state index contributed by atoms with van der Waals surface area (Å²) in [5, 5.41) is 3.33. The lowest BCUT2D eigenvalue weighted by Crippen LogP contribution is -2.10. The molecule has 0 aliphatic heterocycles. The molecule has 0 aliphatic rings. The van der Waals surface area contributed by atoms with Crippen LogP contribution in [-0.4, -0.2) is 0 Å². The summed E-state index contributed by atoms with van der Waals surface area (Å²) in [4.78, 5) is 0. The van der Waals surface area contributed by atoms with Crippen LogP contribution in [0.15, 0.2) is 42.6 Å². The summed E-state index contributed by atoms with van der Waals surface area (Å²) >= 11 is 0. The van der Waals surface area contributed by atoms with Crippen LogP contribution in [0.1, 0.15) is 93.9 Å². The van der Waals surface area contributed by atoms with Crippen LogP contribution in [0.2, 0.25) is 0 Å². The average Bonchev–Trinajstić information content (AvgIpc) is 2.72. The van der Waals surface area contributed by atoms with Gasteiger partial charge in [0, 0.05) is 11.4 Å². The highest BCUT2D eigenvalue weighted by Gasteiger charge is 2.18. The van der Waals surface area contributed by atoms with Crippen LogP contribution in [0.4, 0.5) is 14.5 Å². The Kier molecular flexibility index (Phi) is 9.28. The molecule has 0 saturated heterocycles. The molecule has 3 heteroatoms. The molecular formula is C28H39F2N. The minimum atomic E-state index is -0.191. The van der Waals surface area contributed by atoms with E-state index in [-0.39, 0.29) is 23.5 Å². The molecule has 0 bridgehead atoms. The van der Waals surface area contributed by atoms with Gasteiger partial charge in [0.2, 0.25) is 0 Å². The van der Waals surface area contributed by atoms with Gasteiger partial charge >= 0.3 is 0 Å². The van der Waals surface area contributed by atoms with E-state index < -0.39 is 0 Å². The van der Waals surface area contributed by atoms with E-state index in [1.54, 1.807) is 12.1 Å². The zero-order valence-corrected chi connectivity index (χ0v) is 20.1. The first kappa shape index (κ1) is 25.1. The monoisotopic (exact) mass is 427 g/mol.